The number of nitrogens with one attached hydrogen (secondary N) is 1. The van der Waals surface area contributed by atoms with Crippen molar-refractivity contribution in [1.29, 1.82) is 0 Å². The highest BCUT2D eigenvalue weighted by Gasteiger charge is 2.06. The van der Waals surface area contributed by atoms with Gasteiger partial charge in [-0.2, -0.15) is 9.83 Å². The number of rotatable bonds is 2. The minimum Gasteiger partial charge on any atom is -0.618 e. The molecule has 1 aromatic heterocycles. The van der Waals surface area contributed by atoms with Crippen LogP contribution < -0.4 is 10.2 Å². The maximum Gasteiger partial charge on any atom is 0.427 e. The van der Waals surface area contributed by atoms with E-state index in [0.29, 0.717) is 21.5 Å². The van der Waals surface area contributed by atoms with Crippen LogP contribution in [0.5, 0.6) is 0 Å². The molecule has 1 heterocycles. The van der Waals surface area contributed by atoms with Crippen LogP contribution in [-0.2, 0) is 4.74 Å². The Morgan fingerprint density at radius 2 is 2.33 bits per heavy atom. The molecule has 0 unspecified atom stereocenters. The molecule has 0 aliphatic carbocycles. The third-order valence-corrected chi connectivity index (χ3v) is 2.16. The highest BCUT2D eigenvalue weighted by atomic mass is 16.5. The van der Waals surface area contributed by atoms with Gasteiger partial charge in [-0.3, -0.25) is 0 Å². The first-order valence-corrected chi connectivity index (χ1v) is 5.06. The number of hydrazone groups is 1. The van der Waals surface area contributed by atoms with Gasteiger partial charge in [0.05, 0.1) is 13.3 Å². The first-order valence-electron chi connectivity index (χ1n) is 5.06. The predicted octanol–water partition coefficient (Wildman–Crippen LogP) is 0.558. The van der Waals surface area contributed by atoms with Crippen LogP contribution >= 0.6 is 0 Å². The predicted molar refractivity (Wildman–Crippen MR) is 63.8 cm³/mol. The van der Waals surface area contributed by atoms with Gasteiger partial charge in [0.25, 0.3) is 0 Å². The Morgan fingerprint density at radius 1 is 1.56 bits per heavy atom. The van der Waals surface area contributed by atoms with E-state index in [4.69, 9.17) is 0 Å². The molecule has 1 amide bonds. The maximum absolute atomic E-state index is 11.7. The lowest BCUT2D eigenvalue weighted by Gasteiger charge is -2.01. The maximum atomic E-state index is 11.7. The van der Waals surface area contributed by atoms with Crippen molar-refractivity contribution in [2.45, 2.75) is 0 Å². The van der Waals surface area contributed by atoms with Gasteiger partial charge in [0.2, 0.25) is 11.7 Å². The summed E-state index contributed by atoms with van der Waals surface area (Å²) < 4.78 is 5.03. The number of carbonyl (C=O) groups excluding carboxylic acids is 1. The average Bonchev–Trinajstić information content (AvgIpc) is 2.38. The largest absolute Gasteiger partial charge is 0.618 e. The van der Waals surface area contributed by atoms with Gasteiger partial charge in [0, 0.05) is 6.07 Å². The average molecular weight is 246 g/mol. The summed E-state index contributed by atoms with van der Waals surface area (Å²) in [5.74, 6) is 0. The molecule has 0 spiro atoms. The Balaban J connectivity index is 2.27. The number of methoxy groups -OCH3 is 1. The third kappa shape index (κ3) is 2.51. The van der Waals surface area contributed by atoms with E-state index in [-0.39, 0.29) is 0 Å². The van der Waals surface area contributed by atoms with Gasteiger partial charge in [0.1, 0.15) is 11.2 Å². The summed E-state index contributed by atoms with van der Waals surface area (Å²) in [5, 5.41) is 15.3. The molecule has 1 N–H and O–H groups in total. The topological polar surface area (TPSA) is 90.5 Å². The molecule has 7 nitrogen and oxygen atoms in total. The molecule has 0 saturated carbocycles. The van der Waals surface area contributed by atoms with Crippen LogP contribution in [0, 0.1) is 5.21 Å². The van der Waals surface area contributed by atoms with Crippen LogP contribution in [0.1, 0.15) is 5.69 Å². The Bertz CT molecular complexity index is 612. The van der Waals surface area contributed by atoms with Crippen molar-refractivity contribution in [1.82, 2.24) is 10.4 Å². The molecular weight excluding hydrogens is 236 g/mol. The molecule has 0 saturated heterocycles. The number of benzene rings is 1. The number of ether oxygens (including phenoxy) is 1. The van der Waals surface area contributed by atoms with E-state index in [0.717, 1.165) is 0 Å². The van der Waals surface area contributed by atoms with Crippen LogP contribution in [0.3, 0.4) is 0 Å². The van der Waals surface area contributed by atoms with Crippen molar-refractivity contribution in [3.8, 4) is 0 Å². The van der Waals surface area contributed by atoms with Crippen LogP contribution in [0.15, 0.2) is 35.6 Å². The molecule has 0 aliphatic rings. The van der Waals surface area contributed by atoms with Gasteiger partial charge in [-0.05, 0) is 6.07 Å². The summed E-state index contributed by atoms with van der Waals surface area (Å²) >= 11 is 0. The lowest BCUT2D eigenvalue weighted by molar-refractivity contribution is -0.577. The molecule has 0 aliphatic heterocycles. The number of para-hydroxylation sites is 2. The Morgan fingerprint density at radius 3 is 3.11 bits per heavy atom. The standard InChI is InChI=1S/C11H10N4O3/c1-18-11(16)14-12-6-8-7-15(17)10-5-3-2-4-9(10)13-8/h2-7H,1H3,(H,14,16). The van der Waals surface area contributed by atoms with Crippen LogP contribution in [0.25, 0.3) is 11.0 Å². The lowest BCUT2D eigenvalue weighted by Crippen LogP contribution is -2.28. The third-order valence-electron chi connectivity index (χ3n) is 2.16. The number of aromatic nitrogens is 2. The van der Waals surface area contributed by atoms with Crippen molar-refractivity contribution in [2.75, 3.05) is 7.11 Å². The quantitative estimate of drug-likeness (QED) is 0.363. The van der Waals surface area contributed by atoms with Crippen molar-refractivity contribution in [3.63, 3.8) is 0 Å². The molecule has 2 aromatic rings. The van der Waals surface area contributed by atoms with E-state index in [9.17, 15) is 10.0 Å². The van der Waals surface area contributed by atoms with E-state index < -0.39 is 6.09 Å². The molecule has 1 aromatic carbocycles. The Kier molecular flexibility index (Phi) is 3.33. The van der Waals surface area contributed by atoms with Gasteiger partial charge in [-0.15, -0.1) is 0 Å². The fraction of sp³-hybridized carbons (Fsp3) is 0.0909. The molecule has 92 valence electrons. The first-order chi connectivity index (χ1) is 8.70. The normalized spacial score (nSPS) is 10.7. The van der Waals surface area contributed by atoms with E-state index >= 15 is 0 Å². The van der Waals surface area contributed by atoms with Crippen molar-refractivity contribution in [2.24, 2.45) is 5.10 Å². The minimum absolute atomic E-state index is 0.333. The second-order valence-electron chi connectivity index (χ2n) is 3.34. The Labute approximate surface area is 102 Å². The SMILES string of the molecule is COC(=O)NN=Cc1c[n+]([O-])c2ccccc2n1. The summed E-state index contributed by atoms with van der Waals surface area (Å²) in [6.07, 6.45) is 1.84. The van der Waals surface area contributed by atoms with Crippen molar-refractivity contribution >= 4 is 23.3 Å². The van der Waals surface area contributed by atoms with Gasteiger partial charge in [-0.1, -0.05) is 12.1 Å². The zero-order chi connectivity index (χ0) is 13.0. The molecule has 18 heavy (non-hydrogen) atoms. The van der Waals surface area contributed by atoms with Gasteiger partial charge < -0.3 is 9.94 Å². The van der Waals surface area contributed by atoms with Gasteiger partial charge in [0.15, 0.2) is 0 Å². The highest BCUT2D eigenvalue weighted by Crippen LogP contribution is 2.05. The molecule has 2 rings (SSSR count). The summed E-state index contributed by atoms with van der Waals surface area (Å²) in [7, 11) is 1.23. The summed E-state index contributed by atoms with van der Waals surface area (Å²) in [6.45, 7) is 0. The smallest absolute Gasteiger partial charge is 0.427 e. The lowest BCUT2D eigenvalue weighted by atomic mass is 10.3. The molecular formula is C11H10N4O3. The Hall–Kier alpha value is -2.70. The molecule has 7 heteroatoms. The summed E-state index contributed by atoms with van der Waals surface area (Å²) in [6, 6.07) is 6.92. The van der Waals surface area contributed by atoms with Crippen LogP contribution in [-0.4, -0.2) is 24.4 Å². The second kappa shape index (κ2) is 5.09. The minimum atomic E-state index is -0.693. The van der Waals surface area contributed by atoms with Gasteiger partial charge in [-0.25, -0.2) is 15.2 Å². The monoisotopic (exact) mass is 246 g/mol. The van der Waals surface area contributed by atoms with Crippen molar-refractivity contribution in [3.05, 3.63) is 41.4 Å². The fourth-order valence-electron chi connectivity index (χ4n) is 1.36. The fourth-order valence-corrected chi connectivity index (χ4v) is 1.36. The number of hydrogen-bond donors (Lipinski definition) is 1. The second-order valence-corrected chi connectivity index (χ2v) is 3.34. The van der Waals surface area contributed by atoms with E-state index in [1.54, 1.807) is 24.3 Å². The van der Waals surface area contributed by atoms with Gasteiger partial charge >= 0.3 is 6.09 Å². The van der Waals surface area contributed by atoms with E-state index in [1.165, 1.54) is 19.5 Å². The number of carbonyl (C=O) groups is 1. The summed E-state index contributed by atoms with van der Waals surface area (Å²) in [5.41, 5.74) is 3.46. The van der Waals surface area contributed by atoms with Crippen LogP contribution in [0.2, 0.25) is 0 Å². The molecule has 0 radical (unpaired) electrons. The number of hydrogen-bond acceptors (Lipinski definition) is 5. The number of fused-ring (bicyclic) bond motifs is 1. The molecule has 0 fully saturated rings. The number of amides is 1. The molecule has 0 atom stereocenters. The molecule has 0 bridgehead atoms. The summed E-state index contributed by atoms with van der Waals surface area (Å²) in [4.78, 5) is 14.9. The highest BCUT2D eigenvalue weighted by molar-refractivity contribution is 5.81. The van der Waals surface area contributed by atoms with E-state index in [1.807, 2.05) is 0 Å². The number of nitrogens with zero attached hydrogens (tertiary/aromatic N) is 3. The first kappa shape index (κ1) is 11.8. The zero-order valence-electron chi connectivity index (χ0n) is 9.53. The van der Waals surface area contributed by atoms with Crippen LogP contribution in [0.4, 0.5) is 4.79 Å². The van der Waals surface area contributed by atoms with Crippen molar-refractivity contribution < 1.29 is 14.3 Å². The van der Waals surface area contributed by atoms with E-state index in [2.05, 4.69) is 20.2 Å². The zero-order valence-corrected chi connectivity index (χ0v) is 9.53.